The van der Waals surface area contributed by atoms with Crippen molar-refractivity contribution in [3.8, 4) is 0 Å². The van der Waals surface area contributed by atoms with E-state index in [0.717, 1.165) is 5.56 Å². The van der Waals surface area contributed by atoms with E-state index in [1.807, 2.05) is 6.08 Å². The van der Waals surface area contributed by atoms with E-state index >= 15 is 0 Å². The molecular weight excluding hydrogens is 411 g/mol. The van der Waals surface area contributed by atoms with Crippen LogP contribution in [0.25, 0.3) is 6.08 Å². The molecule has 34 heavy (non-hydrogen) atoms. The maximum atomic E-state index is 3.94. The summed E-state index contributed by atoms with van der Waals surface area (Å²) in [5.74, 6) is 0. The molecule has 0 aliphatic carbocycles. The second-order valence-corrected chi connectivity index (χ2v) is 8.74. The highest BCUT2D eigenvalue weighted by atomic mass is 15.3. The van der Waals surface area contributed by atoms with Crippen molar-refractivity contribution < 1.29 is 0 Å². The van der Waals surface area contributed by atoms with E-state index in [4.69, 9.17) is 0 Å². The third kappa shape index (κ3) is 4.01. The van der Waals surface area contributed by atoms with Crippen LogP contribution in [0.3, 0.4) is 0 Å². The van der Waals surface area contributed by atoms with Gasteiger partial charge in [0.1, 0.15) is 0 Å². The van der Waals surface area contributed by atoms with Gasteiger partial charge < -0.3 is 14.2 Å². The summed E-state index contributed by atoms with van der Waals surface area (Å²) in [5.41, 5.74) is 5.99. The molecule has 1 aliphatic heterocycles. The Morgan fingerprint density at radius 1 is 0.529 bits per heavy atom. The molecule has 5 rings (SSSR count). The van der Waals surface area contributed by atoms with Crippen molar-refractivity contribution in [3.63, 3.8) is 0 Å². The average Bonchev–Trinajstić information content (AvgIpc) is 2.90. The highest BCUT2D eigenvalue weighted by Gasteiger charge is 2.50. The Kier molecular flexibility index (Phi) is 6.22. The molecule has 1 fully saturated rings. The van der Waals surface area contributed by atoms with Crippen LogP contribution in [0.4, 0.5) is 17.1 Å². The number of hydrogen-bond donors (Lipinski definition) is 0. The SMILES string of the molecule is C=Cc1ccc(B2N(c3ccccc3)B(C)N(c3ccccc3)B(C)N2c2ccccc2)cc1. The smallest absolute Gasteiger partial charge is 0.388 e. The molecule has 0 atom stereocenters. The van der Waals surface area contributed by atoms with Crippen molar-refractivity contribution in [1.82, 2.24) is 0 Å². The molecule has 4 aromatic rings. The predicted molar refractivity (Wildman–Crippen MR) is 152 cm³/mol. The summed E-state index contributed by atoms with van der Waals surface area (Å²) in [5, 5.41) is 0. The highest BCUT2D eigenvalue weighted by Crippen LogP contribution is 2.33. The van der Waals surface area contributed by atoms with Crippen LogP contribution in [0, 0.1) is 0 Å². The minimum Gasteiger partial charge on any atom is -0.425 e. The van der Waals surface area contributed by atoms with Gasteiger partial charge in [0.15, 0.2) is 0 Å². The fourth-order valence-corrected chi connectivity index (χ4v) is 5.19. The number of hydrogen-bond acceptors (Lipinski definition) is 3. The van der Waals surface area contributed by atoms with Crippen LogP contribution in [0.15, 0.2) is 122 Å². The van der Waals surface area contributed by atoms with E-state index in [2.05, 4.69) is 150 Å². The largest absolute Gasteiger partial charge is 0.425 e. The maximum absolute atomic E-state index is 3.94. The Hall–Kier alpha value is -3.79. The third-order valence-corrected chi connectivity index (χ3v) is 6.77. The minimum absolute atomic E-state index is 0.0219. The molecule has 0 amide bonds. The first-order chi connectivity index (χ1) is 16.7. The number of nitrogens with zero attached hydrogens (tertiary/aromatic N) is 3. The molecule has 1 aliphatic rings. The lowest BCUT2D eigenvalue weighted by atomic mass is 9.41. The fourth-order valence-electron chi connectivity index (χ4n) is 5.19. The van der Waals surface area contributed by atoms with Gasteiger partial charge in [-0.25, -0.2) is 0 Å². The van der Waals surface area contributed by atoms with Gasteiger partial charge in [-0.05, 0) is 61.1 Å². The van der Waals surface area contributed by atoms with E-state index in [9.17, 15) is 0 Å². The Balaban J connectivity index is 1.73. The van der Waals surface area contributed by atoms with Gasteiger partial charge >= 0.3 is 20.9 Å². The number of benzene rings is 4. The Morgan fingerprint density at radius 3 is 1.29 bits per heavy atom. The standard InChI is InChI=1S/C28H28B3N3/c1-4-24-20-22-25(23-21-24)31-33(27-16-10-6-11-17-27)29(2)32(26-14-8-5-9-15-26)30(3)34(31)28-18-12-7-13-19-28/h4-23H,1H2,2-3H3. The van der Waals surface area contributed by atoms with Gasteiger partial charge in [0.05, 0.1) is 0 Å². The summed E-state index contributed by atoms with van der Waals surface area (Å²) >= 11 is 0. The van der Waals surface area contributed by atoms with Crippen molar-refractivity contribution in [3.05, 3.63) is 127 Å². The van der Waals surface area contributed by atoms with Crippen molar-refractivity contribution >= 4 is 49.5 Å². The second kappa shape index (κ2) is 9.60. The predicted octanol–water partition coefficient (Wildman–Crippen LogP) is 5.79. The molecule has 0 radical (unpaired) electrons. The Labute approximate surface area is 204 Å². The van der Waals surface area contributed by atoms with Crippen molar-refractivity contribution in [1.29, 1.82) is 0 Å². The molecule has 0 spiro atoms. The molecule has 3 nitrogen and oxygen atoms in total. The van der Waals surface area contributed by atoms with E-state index in [1.54, 1.807) is 0 Å². The zero-order valence-electron chi connectivity index (χ0n) is 19.8. The van der Waals surface area contributed by atoms with Crippen molar-refractivity contribution in [2.75, 3.05) is 14.2 Å². The number of anilines is 3. The van der Waals surface area contributed by atoms with Gasteiger partial charge in [0.2, 0.25) is 0 Å². The van der Waals surface area contributed by atoms with Gasteiger partial charge in [-0.15, -0.1) is 0 Å². The highest BCUT2D eigenvalue weighted by molar-refractivity contribution is 7.08. The summed E-state index contributed by atoms with van der Waals surface area (Å²) in [7, 11) is 0. The second-order valence-electron chi connectivity index (χ2n) is 8.74. The monoisotopic (exact) mass is 439 g/mol. The molecule has 0 aromatic heterocycles. The molecule has 4 aromatic carbocycles. The molecule has 0 saturated carbocycles. The zero-order valence-corrected chi connectivity index (χ0v) is 19.8. The molecular formula is C28H28B3N3. The quantitative estimate of drug-likeness (QED) is 0.365. The summed E-state index contributed by atoms with van der Waals surface area (Å²) in [4.78, 5) is 0. The van der Waals surface area contributed by atoms with Crippen LogP contribution in [0.2, 0.25) is 13.6 Å². The molecule has 164 valence electrons. The molecule has 0 bridgehead atoms. The maximum Gasteiger partial charge on any atom is 0.388 e. The molecule has 1 saturated heterocycles. The normalized spacial score (nSPS) is 13.9. The van der Waals surface area contributed by atoms with Crippen LogP contribution in [0.1, 0.15) is 5.56 Å². The third-order valence-electron chi connectivity index (χ3n) is 6.77. The van der Waals surface area contributed by atoms with E-state index in [-0.39, 0.29) is 20.9 Å². The van der Waals surface area contributed by atoms with E-state index in [0.29, 0.717) is 0 Å². The first-order valence-corrected chi connectivity index (χ1v) is 11.9. The number of para-hydroxylation sites is 3. The molecule has 6 heteroatoms. The van der Waals surface area contributed by atoms with Gasteiger partial charge in [-0.3, -0.25) is 0 Å². The first kappa shape index (κ1) is 22.0. The van der Waals surface area contributed by atoms with E-state index < -0.39 is 0 Å². The zero-order chi connectivity index (χ0) is 23.5. The number of rotatable bonds is 5. The van der Waals surface area contributed by atoms with Crippen molar-refractivity contribution in [2.24, 2.45) is 0 Å². The minimum atomic E-state index is 0.0219. The van der Waals surface area contributed by atoms with Gasteiger partial charge in [-0.2, -0.15) is 0 Å². The van der Waals surface area contributed by atoms with Gasteiger partial charge in [0, 0.05) is 17.1 Å². The average molecular weight is 439 g/mol. The fraction of sp³-hybridized carbons (Fsp3) is 0.0714. The van der Waals surface area contributed by atoms with Crippen LogP contribution in [0.5, 0.6) is 0 Å². The Morgan fingerprint density at radius 2 is 0.912 bits per heavy atom. The lowest BCUT2D eigenvalue weighted by Gasteiger charge is -2.55. The summed E-state index contributed by atoms with van der Waals surface area (Å²) < 4.78 is 7.57. The van der Waals surface area contributed by atoms with Crippen LogP contribution in [-0.2, 0) is 0 Å². The summed E-state index contributed by atoms with van der Waals surface area (Å²) in [6.45, 7) is 8.84. The molecule has 1 heterocycles. The van der Waals surface area contributed by atoms with Crippen LogP contribution >= 0.6 is 0 Å². The first-order valence-electron chi connectivity index (χ1n) is 11.9. The summed E-state index contributed by atoms with van der Waals surface area (Å²) in [6, 6.07) is 41.0. The van der Waals surface area contributed by atoms with Gasteiger partial charge in [0.25, 0.3) is 0 Å². The lowest BCUT2D eigenvalue weighted by Crippen LogP contribution is -2.80. The summed E-state index contributed by atoms with van der Waals surface area (Å²) in [6.07, 6.45) is 1.90. The molecule has 0 unspecified atom stereocenters. The van der Waals surface area contributed by atoms with Crippen molar-refractivity contribution in [2.45, 2.75) is 13.6 Å². The lowest BCUT2D eigenvalue weighted by molar-refractivity contribution is 1.27. The molecule has 0 N–H and O–H groups in total. The topological polar surface area (TPSA) is 9.72 Å². The Bertz CT molecular complexity index is 1170. The van der Waals surface area contributed by atoms with Crippen LogP contribution < -0.4 is 19.6 Å². The van der Waals surface area contributed by atoms with E-state index in [1.165, 1.54) is 22.5 Å². The van der Waals surface area contributed by atoms with Crippen LogP contribution in [-0.4, -0.2) is 20.9 Å². The van der Waals surface area contributed by atoms with Gasteiger partial charge in [-0.1, -0.05) is 91.5 Å².